The summed E-state index contributed by atoms with van der Waals surface area (Å²) in [5.74, 6) is -0.693. The van der Waals surface area contributed by atoms with Crippen molar-refractivity contribution in [2.24, 2.45) is 5.92 Å². The first-order chi connectivity index (χ1) is 18.5. The Bertz CT molecular complexity index is 1450. The summed E-state index contributed by atoms with van der Waals surface area (Å²) < 4.78 is 55.2. The molecule has 39 heavy (non-hydrogen) atoms. The fourth-order valence-corrected chi connectivity index (χ4v) is 5.74. The quantitative estimate of drug-likeness (QED) is 0.276. The van der Waals surface area contributed by atoms with E-state index < -0.39 is 29.2 Å². The van der Waals surface area contributed by atoms with Crippen molar-refractivity contribution in [2.45, 2.75) is 31.6 Å². The average Bonchev–Trinajstić information content (AvgIpc) is 3.65. The summed E-state index contributed by atoms with van der Waals surface area (Å²) in [4.78, 5) is 19.1. The first-order valence-electron chi connectivity index (χ1n) is 12.1. The predicted octanol–water partition coefficient (Wildman–Crippen LogP) is 7.58. The van der Waals surface area contributed by atoms with Crippen LogP contribution in [0.2, 0.25) is 10.0 Å². The molecule has 5 nitrogen and oxygen atoms in total. The Morgan fingerprint density at radius 2 is 1.92 bits per heavy atom. The van der Waals surface area contributed by atoms with Gasteiger partial charge in [0.05, 0.1) is 33.5 Å². The lowest BCUT2D eigenvalue weighted by atomic mass is 9.98. The van der Waals surface area contributed by atoms with Crippen LogP contribution in [-0.2, 0) is 12.7 Å². The molecule has 1 aromatic heterocycles. The number of benzene rings is 2. The summed E-state index contributed by atoms with van der Waals surface area (Å²) in [5, 5.41) is 12.2. The lowest BCUT2D eigenvalue weighted by Crippen LogP contribution is -2.30. The second kappa shape index (κ2) is 11.0. The van der Waals surface area contributed by atoms with Crippen LogP contribution in [0.3, 0.4) is 0 Å². The first kappa shape index (κ1) is 27.7. The number of amides is 1. The number of hydrogen-bond acceptors (Lipinski definition) is 4. The molecule has 204 valence electrons. The van der Waals surface area contributed by atoms with Gasteiger partial charge in [0.1, 0.15) is 5.82 Å². The highest BCUT2D eigenvalue weighted by Gasteiger charge is 2.36. The summed E-state index contributed by atoms with van der Waals surface area (Å²) in [7, 11) is 0. The molecule has 1 amide bonds. The number of nitrogens with one attached hydrogen (secondary N) is 2. The maximum atomic E-state index is 13.8. The van der Waals surface area contributed by atoms with Gasteiger partial charge < -0.3 is 10.2 Å². The molecule has 0 bridgehead atoms. The van der Waals surface area contributed by atoms with Crippen molar-refractivity contribution in [1.29, 1.82) is 5.41 Å². The lowest BCUT2D eigenvalue weighted by Gasteiger charge is -2.21. The Labute approximate surface area is 236 Å². The number of rotatable bonds is 7. The minimum Gasteiger partial charge on any atom is -0.347 e. The van der Waals surface area contributed by atoms with Crippen molar-refractivity contribution >= 4 is 46.0 Å². The van der Waals surface area contributed by atoms with E-state index in [0.29, 0.717) is 33.4 Å². The molecule has 2 fully saturated rings. The standard InChI is InChI=1S/C27H22Cl2F4N4OS/c28-21-4-3-16(10-22(21)29)23(15-1-2-15)36-25(38)18-8-14(13-37-5-6-39-26(37)34)7-17(9-18)24-20(27(31,32)33)11-19(30)12-35-24/h3-4,7-12,15,23,34H,1-2,5-6,13H2,(H,36,38). The Morgan fingerprint density at radius 3 is 2.56 bits per heavy atom. The smallest absolute Gasteiger partial charge is 0.347 e. The van der Waals surface area contributed by atoms with Gasteiger partial charge in [0.25, 0.3) is 5.91 Å². The molecular weight excluding hydrogens is 575 g/mol. The third-order valence-corrected chi connectivity index (χ3v) is 8.29. The summed E-state index contributed by atoms with van der Waals surface area (Å²) in [6.45, 7) is 0.820. The van der Waals surface area contributed by atoms with E-state index in [4.69, 9.17) is 28.6 Å². The molecule has 12 heteroatoms. The van der Waals surface area contributed by atoms with Crippen molar-refractivity contribution in [3.05, 3.63) is 86.8 Å². The van der Waals surface area contributed by atoms with Crippen molar-refractivity contribution in [1.82, 2.24) is 15.2 Å². The molecule has 2 aromatic carbocycles. The first-order valence-corrected chi connectivity index (χ1v) is 13.8. The van der Waals surface area contributed by atoms with Crippen LogP contribution in [-0.4, -0.2) is 33.3 Å². The van der Waals surface area contributed by atoms with Crippen molar-refractivity contribution in [3.63, 3.8) is 0 Å². The van der Waals surface area contributed by atoms with Gasteiger partial charge in [0, 0.05) is 30.0 Å². The van der Waals surface area contributed by atoms with Gasteiger partial charge in [-0.3, -0.25) is 15.2 Å². The number of alkyl halides is 3. The number of thioether (sulfide) groups is 1. The largest absolute Gasteiger partial charge is 0.418 e. The highest BCUT2D eigenvalue weighted by atomic mass is 35.5. The minimum absolute atomic E-state index is 0.0286. The number of pyridine rings is 1. The summed E-state index contributed by atoms with van der Waals surface area (Å²) >= 11 is 13.6. The van der Waals surface area contributed by atoms with Crippen LogP contribution in [0, 0.1) is 17.1 Å². The number of nitrogens with zero attached hydrogens (tertiary/aromatic N) is 2. The van der Waals surface area contributed by atoms with Gasteiger partial charge in [0.2, 0.25) is 0 Å². The van der Waals surface area contributed by atoms with Gasteiger partial charge in [-0.25, -0.2) is 4.39 Å². The molecule has 2 aliphatic rings. The average molecular weight is 597 g/mol. The van der Waals surface area contributed by atoms with E-state index in [-0.39, 0.29) is 29.6 Å². The van der Waals surface area contributed by atoms with Gasteiger partial charge in [-0.2, -0.15) is 13.2 Å². The van der Waals surface area contributed by atoms with Gasteiger partial charge in [0.15, 0.2) is 5.17 Å². The maximum Gasteiger partial charge on any atom is 0.418 e. The zero-order chi connectivity index (χ0) is 27.9. The Hall–Kier alpha value is -2.82. The number of carbonyl (C=O) groups excluding carboxylic acids is 1. The number of halogens is 6. The molecule has 1 saturated carbocycles. The summed E-state index contributed by atoms with van der Waals surface area (Å²) in [5.41, 5.74) is -0.247. The number of carbonyl (C=O) groups is 1. The lowest BCUT2D eigenvalue weighted by molar-refractivity contribution is -0.137. The molecule has 1 unspecified atom stereocenters. The molecule has 5 rings (SSSR count). The van der Waals surface area contributed by atoms with Crippen molar-refractivity contribution in [2.75, 3.05) is 12.3 Å². The highest BCUT2D eigenvalue weighted by molar-refractivity contribution is 8.14. The van der Waals surface area contributed by atoms with Crippen molar-refractivity contribution in [3.8, 4) is 11.3 Å². The number of amidine groups is 1. The number of aromatic nitrogens is 1. The SMILES string of the molecule is N=C1SCCN1Cc1cc(C(=O)NC(c2ccc(Cl)c(Cl)c2)C2CC2)cc(-c2ncc(F)cc2C(F)(F)F)c1. The molecule has 2 N–H and O–H groups in total. The van der Waals surface area contributed by atoms with E-state index in [1.165, 1.54) is 23.9 Å². The van der Waals surface area contributed by atoms with Gasteiger partial charge in [-0.05, 0) is 66.3 Å². The molecule has 0 spiro atoms. The molecular formula is C27H22Cl2F4N4OS. The highest BCUT2D eigenvalue weighted by Crippen LogP contribution is 2.42. The van der Waals surface area contributed by atoms with Gasteiger partial charge >= 0.3 is 6.18 Å². The molecule has 1 saturated heterocycles. The monoisotopic (exact) mass is 596 g/mol. The Kier molecular flexibility index (Phi) is 7.81. The van der Waals surface area contributed by atoms with Gasteiger partial charge in [-0.15, -0.1) is 0 Å². The van der Waals surface area contributed by atoms with Crippen LogP contribution in [0.4, 0.5) is 17.6 Å². The van der Waals surface area contributed by atoms with E-state index in [1.807, 2.05) is 0 Å². The van der Waals surface area contributed by atoms with E-state index >= 15 is 0 Å². The van der Waals surface area contributed by atoms with E-state index in [2.05, 4.69) is 10.3 Å². The fraction of sp³-hybridized carbons (Fsp3) is 0.296. The molecule has 1 atom stereocenters. The predicted molar refractivity (Wildman–Crippen MR) is 145 cm³/mol. The topological polar surface area (TPSA) is 69.1 Å². The normalized spacial score (nSPS) is 16.5. The van der Waals surface area contributed by atoms with Crippen LogP contribution >= 0.6 is 35.0 Å². The number of hydrogen-bond donors (Lipinski definition) is 2. The molecule has 3 aromatic rings. The third-order valence-electron chi connectivity index (χ3n) is 6.63. The van der Waals surface area contributed by atoms with Crippen LogP contribution in [0.5, 0.6) is 0 Å². The molecule has 1 aliphatic carbocycles. The Balaban J connectivity index is 1.54. The zero-order valence-electron chi connectivity index (χ0n) is 20.3. The van der Waals surface area contributed by atoms with E-state index in [0.717, 1.165) is 30.4 Å². The molecule has 0 radical (unpaired) electrons. The maximum absolute atomic E-state index is 13.8. The van der Waals surface area contributed by atoms with Crippen LogP contribution in [0.1, 0.15) is 45.9 Å². The van der Waals surface area contributed by atoms with Crippen LogP contribution in [0.15, 0.2) is 48.7 Å². The third kappa shape index (κ3) is 6.34. The fourth-order valence-electron chi connectivity index (χ4n) is 4.59. The second-order valence-corrected chi connectivity index (χ2v) is 11.4. The second-order valence-electron chi connectivity index (χ2n) is 9.50. The Morgan fingerprint density at radius 1 is 1.15 bits per heavy atom. The van der Waals surface area contributed by atoms with Crippen LogP contribution < -0.4 is 5.32 Å². The van der Waals surface area contributed by atoms with E-state index in [1.54, 1.807) is 29.2 Å². The van der Waals surface area contributed by atoms with Crippen LogP contribution in [0.25, 0.3) is 11.3 Å². The zero-order valence-corrected chi connectivity index (χ0v) is 22.6. The van der Waals surface area contributed by atoms with Crippen molar-refractivity contribution < 1.29 is 22.4 Å². The summed E-state index contributed by atoms with van der Waals surface area (Å²) in [6, 6.07) is 9.60. The molecule has 2 heterocycles. The van der Waals surface area contributed by atoms with E-state index in [9.17, 15) is 22.4 Å². The minimum atomic E-state index is -4.86. The molecule has 1 aliphatic heterocycles. The van der Waals surface area contributed by atoms with Gasteiger partial charge in [-0.1, -0.05) is 41.0 Å². The summed E-state index contributed by atoms with van der Waals surface area (Å²) in [6.07, 6.45) is -2.34.